The van der Waals surface area contributed by atoms with E-state index in [1.54, 1.807) is 0 Å². The maximum atomic E-state index is 4.47. The molecule has 0 atom stereocenters. The number of aryl methyl sites for hydroxylation is 1. The van der Waals surface area contributed by atoms with E-state index in [0.29, 0.717) is 0 Å². The summed E-state index contributed by atoms with van der Waals surface area (Å²) in [4.78, 5) is 0. The molecule has 1 aromatic rings. The van der Waals surface area contributed by atoms with Gasteiger partial charge in [-0.05, 0) is 31.1 Å². The summed E-state index contributed by atoms with van der Waals surface area (Å²) in [5.74, 6) is 0. The lowest BCUT2D eigenvalue weighted by molar-refractivity contribution is 0.404. The summed E-state index contributed by atoms with van der Waals surface area (Å²) in [7, 11) is 0. The van der Waals surface area contributed by atoms with Crippen molar-refractivity contribution < 1.29 is 0 Å². The van der Waals surface area contributed by atoms with Crippen molar-refractivity contribution >= 4 is 0 Å². The highest BCUT2D eigenvalue weighted by molar-refractivity contribution is 5.12. The maximum Gasteiger partial charge on any atom is 0.0864 e. The Labute approximate surface area is 125 Å². The van der Waals surface area contributed by atoms with Crippen LogP contribution < -0.4 is 0 Å². The van der Waals surface area contributed by atoms with Crippen molar-refractivity contribution in [1.29, 1.82) is 0 Å². The molecule has 1 heterocycles. The first-order chi connectivity index (χ1) is 9.48. The van der Waals surface area contributed by atoms with E-state index in [4.69, 9.17) is 0 Å². The predicted molar refractivity (Wildman–Crippen MR) is 85.9 cm³/mol. The topological polar surface area (TPSA) is 30.7 Å². The molecular formula is C17H33N3. The SMILES string of the molecule is CCCCCCn1nnc(CC(C)(C)C)c1CCCC. The van der Waals surface area contributed by atoms with Crippen LogP contribution in [0.5, 0.6) is 0 Å². The highest BCUT2D eigenvalue weighted by Gasteiger charge is 2.19. The van der Waals surface area contributed by atoms with E-state index in [1.165, 1.54) is 49.9 Å². The first kappa shape index (κ1) is 17.2. The van der Waals surface area contributed by atoms with Crippen molar-refractivity contribution in [2.45, 2.75) is 92.5 Å². The van der Waals surface area contributed by atoms with E-state index >= 15 is 0 Å². The van der Waals surface area contributed by atoms with Crippen LogP contribution in [0.25, 0.3) is 0 Å². The predicted octanol–water partition coefficient (Wildman–Crippen LogP) is 4.79. The molecule has 0 saturated heterocycles. The molecule has 0 aromatic carbocycles. The van der Waals surface area contributed by atoms with Gasteiger partial charge in [-0.3, -0.25) is 0 Å². The van der Waals surface area contributed by atoms with Gasteiger partial charge >= 0.3 is 0 Å². The van der Waals surface area contributed by atoms with Crippen molar-refractivity contribution in [3.05, 3.63) is 11.4 Å². The lowest BCUT2D eigenvalue weighted by Gasteiger charge is -2.17. The normalized spacial score (nSPS) is 12.1. The van der Waals surface area contributed by atoms with Gasteiger partial charge in [-0.1, -0.05) is 65.5 Å². The molecule has 3 nitrogen and oxygen atoms in total. The van der Waals surface area contributed by atoms with Crippen LogP contribution in [-0.2, 0) is 19.4 Å². The molecule has 1 rings (SSSR count). The maximum absolute atomic E-state index is 4.47. The van der Waals surface area contributed by atoms with Gasteiger partial charge in [0.2, 0.25) is 0 Å². The zero-order chi connectivity index (χ0) is 15.0. The Balaban J connectivity index is 2.71. The minimum Gasteiger partial charge on any atom is -0.249 e. The first-order valence-corrected chi connectivity index (χ1v) is 8.39. The zero-order valence-electron chi connectivity index (χ0n) is 14.2. The Bertz CT molecular complexity index is 374. The molecule has 0 amide bonds. The lowest BCUT2D eigenvalue weighted by Crippen LogP contribution is -2.12. The molecule has 0 spiro atoms. The third-order valence-corrected chi connectivity index (χ3v) is 3.61. The Kier molecular flexibility index (Phi) is 7.25. The van der Waals surface area contributed by atoms with Gasteiger partial charge in [0.05, 0.1) is 11.4 Å². The van der Waals surface area contributed by atoms with Gasteiger partial charge in [0, 0.05) is 6.54 Å². The first-order valence-electron chi connectivity index (χ1n) is 8.39. The van der Waals surface area contributed by atoms with E-state index < -0.39 is 0 Å². The van der Waals surface area contributed by atoms with Crippen LogP contribution in [0.15, 0.2) is 0 Å². The molecule has 20 heavy (non-hydrogen) atoms. The van der Waals surface area contributed by atoms with Gasteiger partial charge in [-0.2, -0.15) is 0 Å². The minimum atomic E-state index is 0.282. The van der Waals surface area contributed by atoms with Gasteiger partial charge in [0.1, 0.15) is 0 Å². The summed E-state index contributed by atoms with van der Waals surface area (Å²) in [6.07, 6.45) is 9.77. The summed E-state index contributed by atoms with van der Waals surface area (Å²) < 4.78 is 2.17. The second kappa shape index (κ2) is 8.43. The van der Waals surface area contributed by atoms with Gasteiger partial charge in [0.25, 0.3) is 0 Å². The Hall–Kier alpha value is -0.860. The minimum absolute atomic E-state index is 0.282. The van der Waals surface area contributed by atoms with E-state index in [0.717, 1.165) is 19.4 Å². The van der Waals surface area contributed by atoms with Crippen molar-refractivity contribution in [1.82, 2.24) is 15.0 Å². The summed E-state index contributed by atoms with van der Waals surface area (Å²) in [6, 6.07) is 0. The average Bonchev–Trinajstić information content (AvgIpc) is 2.72. The molecule has 3 heteroatoms. The second-order valence-corrected chi connectivity index (χ2v) is 7.11. The van der Waals surface area contributed by atoms with Crippen LogP contribution >= 0.6 is 0 Å². The van der Waals surface area contributed by atoms with Crippen LogP contribution in [0, 0.1) is 5.41 Å². The van der Waals surface area contributed by atoms with Crippen LogP contribution in [0.1, 0.15) is 84.5 Å². The highest BCUT2D eigenvalue weighted by atomic mass is 15.4. The van der Waals surface area contributed by atoms with Crippen LogP contribution in [0.3, 0.4) is 0 Å². The van der Waals surface area contributed by atoms with Crippen LogP contribution in [-0.4, -0.2) is 15.0 Å². The number of nitrogens with zero attached hydrogens (tertiary/aromatic N) is 3. The quantitative estimate of drug-likeness (QED) is 0.608. The number of rotatable bonds is 9. The fraction of sp³-hybridized carbons (Fsp3) is 0.882. The number of unbranched alkanes of at least 4 members (excludes halogenated alkanes) is 4. The molecule has 0 N–H and O–H groups in total. The Morgan fingerprint density at radius 3 is 2.25 bits per heavy atom. The Morgan fingerprint density at radius 1 is 0.950 bits per heavy atom. The van der Waals surface area contributed by atoms with Gasteiger partial charge in [0.15, 0.2) is 0 Å². The average molecular weight is 279 g/mol. The molecule has 0 bridgehead atoms. The third-order valence-electron chi connectivity index (χ3n) is 3.61. The standard InChI is InChI=1S/C17H33N3/c1-6-8-10-11-13-20-16(12-9-7-2)15(18-19-20)14-17(3,4)5/h6-14H2,1-5H3. The van der Waals surface area contributed by atoms with E-state index in [1.807, 2.05) is 0 Å². The molecule has 1 aromatic heterocycles. The molecule has 0 radical (unpaired) electrons. The molecule has 0 aliphatic heterocycles. The van der Waals surface area contributed by atoms with Crippen molar-refractivity contribution in [3.63, 3.8) is 0 Å². The molecule has 0 fully saturated rings. The summed E-state index contributed by atoms with van der Waals surface area (Å²) in [6.45, 7) is 12.4. The Morgan fingerprint density at radius 2 is 1.65 bits per heavy atom. The van der Waals surface area contributed by atoms with Gasteiger partial charge in [-0.15, -0.1) is 5.10 Å². The third kappa shape index (κ3) is 6.06. The summed E-state index contributed by atoms with van der Waals surface area (Å²) in [5.41, 5.74) is 2.89. The number of aromatic nitrogens is 3. The van der Waals surface area contributed by atoms with Crippen molar-refractivity contribution in [2.75, 3.05) is 0 Å². The molecule has 0 aliphatic carbocycles. The fourth-order valence-electron chi connectivity index (χ4n) is 2.49. The van der Waals surface area contributed by atoms with Crippen LogP contribution in [0.2, 0.25) is 0 Å². The largest absolute Gasteiger partial charge is 0.249 e. The number of hydrogen-bond acceptors (Lipinski definition) is 2. The number of hydrogen-bond donors (Lipinski definition) is 0. The van der Waals surface area contributed by atoms with E-state index in [2.05, 4.69) is 49.6 Å². The van der Waals surface area contributed by atoms with Crippen LogP contribution in [0.4, 0.5) is 0 Å². The van der Waals surface area contributed by atoms with Crippen molar-refractivity contribution in [2.24, 2.45) is 5.41 Å². The van der Waals surface area contributed by atoms with E-state index in [9.17, 15) is 0 Å². The van der Waals surface area contributed by atoms with Crippen molar-refractivity contribution in [3.8, 4) is 0 Å². The zero-order valence-corrected chi connectivity index (χ0v) is 14.2. The van der Waals surface area contributed by atoms with E-state index in [-0.39, 0.29) is 5.41 Å². The summed E-state index contributed by atoms with van der Waals surface area (Å²) >= 11 is 0. The molecule has 0 aliphatic rings. The summed E-state index contributed by atoms with van der Waals surface area (Å²) in [5, 5.41) is 8.88. The monoisotopic (exact) mass is 279 g/mol. The van der Waals surface area contributed by atoms with Gasteiger partial charge in [-0.25, -0.2) is 4.68 Å². The van der Waals surface area contributed by atoms with Gasteiger partial charge < -0.3 is 0 Å². The second-order valence-electron chi connectivity index (χ2n) is 7.11. The fourth-order valence-corrected chi connectivity index (χ4v) is 2.49. The molecule has 116 valence electrons. The molecule has 0 unspecified atom stereocenters. The molecule has 0 saturated carbocycles. The smallest absolute Gasteiger partial charge is 0.0864 e. The molecular weight excluding hydrogens is 246 g/mol. The highest BCUT2D eigenvalue weighted by Crippen LogP contribution is 2.22. The lowest BCUT2D eigenvalue weighted by atomic mass is 9.89.